The maximum Gasteiger partial charge on any atom is 0.342 e. The summed E-state index contributed by atoms with van der Waals surface area (Å²) < 4.78 is 5.10. The zero-order valence-electron chi connectivity index (χ0n) is 15.1. The van der Waals surface area contributed by atoms with Crippen molar-refractivity contribution in [3.63, 3.8) is 0 Å². The van der Waals surface area contributed by atoms with Gasteiger partial charge < -0.3 is 4.74 Å². The number of nitro groups is 1. The number of halogens is 1. The lowest BCUT2D eigenvalue weighted by molar-refractivity contribution is -0.385. The van der Waals surface area contributed by atoms with Crippen LogP contribution in [0.5, 0.6) is 0 Å². The summed E-state index contributed by atoms with van der Waals surface area (Å²) in [5, 5.41) is 12.0. The van der Waals surface area contributed by atoms with Crippen LogP contribution in [-0.2, 0) is 9.53 Å². The van der Waals surface area contributed by atoms with Crippen molar-refractivity contribution >= 4 is 29.0 Å². The average molecular weight is 388 g/mol. The van der Waals surface area contributed by atoms with E-state index in [-0.39, 0.29) is 5.56 Å². The molecule has 0 fully saturated rings. The third-order valence-corrected chi connectivity index (χ3v) is 3.75. The number of carbonyl (C=O) groups excluding carboxylic acids is 2. The van der Waals surface area contributed by atoms with E-state index in [1.54, 1.807) is 51.1 Å². The molecular formula is C20H18ClNO5. The fraction of sp³-hybridized carbons (Fsp3) is 0.200. The number of Topliss-reactive ketones (excluding diaryl/α,β-unsaturated/α-hetero) is 1. The molecule has 0 saturated carbocycles. The van der Waals surface area contributed by atoms with Gasteiger partial charge in [0.1, 0.15) is 16.7 Å². The highest BCUT2D eigenvalue weighted by molar-refractivity contribution is 6.30. The summed E-state index contributed by atoms with van der Waals surface area (Å²) in [4.78, 5) is 35.4. The minimum Gasteiger partial charge on any atom is -0.456 e. The van der Waals surface area contributed by atoms with Gasteiger partial charge in [-0.05, 0) is 50.1 Å². The summed E-state index contributed by atoms with van der Waals surface area (Å²) in [6.45, 7) is 8.37. The molecule has 140 valence electrons. The molecule has 0 aliphatic heterocycles. The highest BCUT2D eigenvalue weighted by Gasteiger charge is 2.28. The van der Waals surface area contributed by atoms with Crippen LogP contribution >= 0.6 is 11.6 Å². The number of rotatable bonds is 5. The lowest BCUT2D eigenvalue weighted by Crippen LogP contribution is -2.27. The number of nitrogens with zero attached hydrogens (tertiary/aromatic N) is 1. The Morgan fingerprint density at radius 1 is 1.11 bits per heavy atom. The van der Waals surface area contributed by atoms with Crippen LogP contribution in [0.3, 0.4) is 0 Å². The predicted octanol–water partition coefficient (Wildman–Crippen LogP) is 5.00. The van der Waals surface area contributed by atoms with Crippen molar-refractivity contribution in [1.29, 1.82) is 0 Å². The van der Waals surface area contributed by atoms with Gasteiger partial charge in [-0.3, -0.25) is 14.9 Å². The normalized spacial score (nSPS) is 11.0. The maximum absolute atomic E-state index is 12.6. The number of ether oxygens (including phenoxy) is 1. The molecule has 0 bridgehead atoms. The Hall–Kier alpha value is -2.99. The van der Waals surface area contributed by atoms with E-state index in [4.69, 9.17) is 16.3 Å². The van der Waals surface area contributed by atoms with Crippen molar-refractivity contribution in [2.45, 2.75) is 26.4 Å². The average Bonchev–Trinajstić information content (AvgIpc) is 2.58. The van der Waals surface area contributed by atoms with Crippen LogP contribution in [0.15, 0.2) is 54.6 Å². The Labute approximate surface area is 161 Å². The second-order valence-corrected chi connectivity index (χ2v) is 7.25. The van der Waals surface area contributed by atoms with E-state index in [0.29, 0.717) is 16.1 Å². The largest absolute Gasteiger partial charge is 0.456 e. The van der Waals surface area contributed by atoms with Crippen LogP contribution in [0, 0.1) is 10.1 Å². The minimum atomic E-state index is -0.916. The molecule has 2 rings (SSSR count). The van der Waals surface area contributed by atoms with Crippen molar-refractivity contribution in [3.8, 4) is 11.1 Å². The van der Waals surface area contributed by atoms with Gasteiger partial charge in [-0.2, -0.15) is 0 Å². The van der Waals surface area contributed by atoms with Gasteiger partial charge in [-0.15, -0.1) is 0 Å². The molecule has 0 atom stereocenters. The fourth-order valence-electron chi connectivity index (χ4n) is 2.32. The SMILES string of the molecule is C=C(C(=O)OC(C)(C)C)C(=O)c1ccc(-c2cccc(Cl)c2)cc1[N+](=O)[O-]. The Morgan fingerprint density at radius 3 is 2.30 bits per heavy atom. The molecule has 0 N–H and O–H groups in total. The molecule has 0 aliphatic carbocycles. The van der Waals surface area contributed by atoms with Crippen molar-refractivity contribution < 1.29 is 19.2 Å². The highest BCUT2D eigenvalue weighted by atomic mass is 35.5. The smallest absolute Gasteiger partial charge is 0.342 e. The third kappa shape index (κ3) is 5.01. The number of hydrogen-bond donors (Lipinski definition) is 0. The molecule has 0 radical (unpaired) electrons. The summed E-state index contributed by atoms with van der Waals surface area (Å²) in [5.41, 5.74) is -0.769. The summed E-state index contributed by atoms with van der Waals surface area (Å²) in [7, 11) is 0. The van der Waals surface area contributed by atoms with Gasteiger partial charge in [0.05, 0.1) is 4.92 Å². The number of ketones is 1. The maximum atomic E-state index is 12.6. The van der Waals surface area contributed by atoms with E-state index >= 15 is 0 Å². The van der Waals surface area contributed by atoms with Crippen LogP contribution in [-0.4, -0.2) is 22.3 Å². The summed E-state index contributed by atoms with van der Waals surface area (Å²) in [6, 6.07) is 10.9. The Kier molecular flexibility index (Phi) is 5.81. The Balaban J connectivity index is 2.42. The standard InChI is InChI=1S/C20H18ClNO5/c1-12(19(24)27-20(2,3)4)18(23)16-9-8-14(11-17(16)22(25)26)13-6-5-7-15(21)10-13/h5-11H,1H2,2-4H3. The van der Waals surface area contributed by atoms with Crippen molar-refractivity contribution in [2.24, 2.45) is 0 Å². The van der Waals surface area contributed by atoms with Crippen LogP contribution in [0.25, 0.3) is 11.1 Å². The van der Waals surface area contributed by atoms with Crippen molar-refractivity contribution in [3.05, 3.63) is 75.3 Å². The van der Waals surface area contributed by atoms with Gasteiger partial charge in [0.25, 0.3) is 5.69 Å². The molecule has 7 heteroatoms. The van der Waals surface area contributed by atoms with Crippen molar-refractivity contribution in [1.82, 2.24) is 0 Å². The Morgan fingerprint density at radius 2 is 1.74 bits per heavy atom. The molecule has 0 aromatic heterocycles. The summed E-state index contributed by atoms with van der Waals surface area (Å²) >= 11 is 5.96. The minimum absolute atomic E-state index is 0.235. The monoisotopic (exact) mass is 387 g/mol. The van der Waals surface area contributed by atoms with Crippen LogP contribution in [0.4, 0.5) is 5.69 Å². The first-order valence-electron chi connectivity index (χ1n) is 8.01. The first-order valence-corrected chi connectivity index (χ1v) is 8.39. The molecule has 0 amide bonds. The van der Waals surface area contributed by atoms with Gasteiger partial charge in [0, 0.05) is 11.1 Å². The quantitative estimate of drug-likeness (QED) is 0.137. The van der Waals surface area contributed by atoms with Gasteiger partial charge in [-0.25, -0.2) is 4.79 Å². The number of esters is 1. The number of hydrogen-bond acceptors (Lipinski definition) is 5. The van der Waals surface area contributed by atoms with Crippen LogP contribution in [0.1, 0.15) is 31.1 Å². The second kappa shape index (κ2) is 7.72. The summed E-state index contributed by atoms with van der Waals surface area (Å²) in [6.07, 6.45) is 0. The molecule has 2 aromatic carbocycles. The number of benzene rings is 2. The van der Waals surface area contributed by atoms with Gasteiger partial charge in [-0.1, -0.05) is 36.4 Å². The fourth-order valence-corrected chi connectivity index (χ4v) is 2.51. The van der Waals surface area contributed by atoms with Crippen LogP contribution < -0.4 is 0 Å². The lowest BCUT2D eigenvalue weighted by Gasteiger charge is -2.19. The number of nitro benzene ring substituents is 1. The molecule has 0 spiro atoms. The van der Waals surface area contributed by atoms with E-state index in [0.717, 1.165) is 0 Å². The van der Waals surface area contributed by atoms with E-state index in [2.05, 4.69) is 6.58 Å². The lowest BCUT2D eigenvalue weighted by atomic mass is 9.98. The van der Waals surface area contributed by atoms with E-state index in [1.165, 1.54) is 12.1 Å². The molecular weight excluding hydrogens is 370 g/mol. The zero-order chi connectivity index (χ0) is 20.4. The van der Waals surface area contributed by atoms with Gasteiger partial charge in [0.2, 0.25) is 5.78 Å². The zero-order valence-corrected chi connectivity index (χ0v) is 15.9. The Bertz CT molecular complexity index is 944. The molecule has 27 heavy (non-hydrogen) atoms. The van der Waals surface area contributed by atoms with E-state index in [1.807, 2.05) is 0 Å². The summed E-state index contributed by atoms with van der Waals surface area (Å²) in [5.74, 6) is -1.77. The first-order chi connectivity index (χ1) is 12.5. The molecule has 0 heterocycles. The topological polar surface area (TPSA) is 86.5 Å². The molecule has 0 unspecified atom stereocenters. The molecule has 0 aliphatic rings. The van der Waals surface area contributed by atoms with E-state index in [9.17, 15) is 19.7 Å². The number of carbonyl (C=O) groups is 2. The van der Waals surface area contributed by atoms with E-state index < -0.39 is 33.5 Å². The van der Waals surface area contributed by atoms with Crippen molar-refractivity contribution in [2.75, 3.05) is 0 Å². The third-order valence-electron chi connectivity index (χ3n) is 3.52. The van der Waals surface area contributed by atoms with Crippen LogP contribution in [0.2, 0.25) is 5.02 Å². The molecule has 6 nitrogen and oxygen atoms in total. The predicted molar refractivity (Wildman–Crippen MR) is 103 cm³/mol. The van der Waals surface area contributed by atoms with Gasteiger partial charge >= 0.3 is 5.97 Å². The van der Waals surface area contributed by atoms with Gasteiger partial charge in [0.15, 0.2) is 0 Å². The molecule has 2 aromatic rings. The molecule has 0 saturated heterocycles. The first kappa shape index (κ1) is 20.3. The second-order valence-electron chi connectivity index (χ2n) is 6.81. The highest BCUT2D eigenvalue weighted by Crippen LogP contribution is 2.30.